The van der Waals surface area contributed by atoms with Crippen LogP contribution in [0.3, 0.4) is 0 Å². The van der Waals surface area contributed by atoms with Crippen LogP contribution in [0.15, 0.2) is 60.5 Å². The Kier molecular flexibility index (Phi) is 6.01. The molecule has 0 aliphatic carbocycles. The Balaban J connectivity index is 2.57. The van der Waals surface area contributed by atoms with E-state index in [1.54, 1.807) is 20.3 Å². The van der Waals surface area contributed by atoms with E-state index < -0.39 is 0 Å². The fraction of sp³-hybridized carbons (Fsp3) is 0.391. The molecule has 140 valence electrons. The van der Waals surface area contributed by atoms with Gasteiger partial charge in [0.2, 0.25) is 0 Å². The van der Waals surface area contributed by atoms with Crippen molar-refractivity contribution in [1.29, 1.82) is 0 Å². The van der Waals surface area contributed by atoms with Crippen molar-refractivity contribution in [1.82, 2.24) is 0 Å². The Morgan fingerprint density at radius 3 is 2.54 bits per heavy atom. The van der Waals surface area contributed by atoms with E-state index in [0.717, 1.165) is 29.3 Å². The minimum absolute atomic E-state index is 0.135. The van der Waals surface area contributed by atoms with Gasteiger partial charge in [-0.2, -0.15) is 0 Å². The first-order valence-electron chi connectivity index (χ1n) is 9.02. The third-order valence-electron chi connectivity index (χ3n) is 5.25. The van der Waals surface area contributed by atoms with E-state index in [9.17, 15) is 0 Å². The molecular formula is C23H31NO2. The van der Waals surface area contributed by atoms with Crippen molar-refractivity contribution < 1.29 is 9.47 Å². The lowest BCUT2D eigenvalue weighted by atomic mass is 9.71. The second-order valence-electron chi connectivity index (χ2n) is 7.22. The molecule has 0 fully saturated rings. The fourth-order valence-electron chi connectivity index (χ4n) is 3.72. The van der Waals surface area contributed by atoms with Crippen LogP contribution in [0, 0.1) is 0 Å². The van der Waals surface area contributed by atoms with E-state index in [4.69, 9.17) is 9.47 Å². The molecule has 0 saturated carbocycles. The van der Waals surface area contributed by atoms with E-state index >= 15 is 0 Å². The Morgan fingerprint density at radius 1 is 1.31 bits per heavy atom. The highest BCUT2D eigenvalue weighted by molar-refractivity contribution is 5.74. The lowest BCUT2D eigenvalue weighted by Gasteiger charge is -2.39. The van der Waals surface area contributed by atoms with Crippen molar-refractivity contribution in [2.45, 2.75) is 45.4 Å². The number of anilines is 1. The SMILES string of the molecule is C=C/C(=C\CC(C)c1cc(OC)cc2c1NC(=C)/C(=C\C)C2(C)C)OC. The number of hydrogen-bond donors (Lipinski definition) is 1. The fourth-order valence-corrected chi connectivity index (χ4v) is 3.72. The molecule has 0 saturated heterocycles. The zero-order valence-electron chi connectivity index (χ0n) is 16.9. The van der Waals surface area contributed by atoms with Gasteiger partial charge in [-0.25, -0.2) is 0 Å². The maximum absolute atomic E-state index is 5.60. The van der Waals surface area contributed by atoms with Gasteiger partial charge in [0, 0.05) is 16.8 Å². The van der Waals surface area contributed by atoms with Crippen LogP contribution in [-0.2, 0) is 10.2 Å². The summed E-state index contributed by atoms with van der Waals surface area (Å²) in [7, 11) is 3.38. The van der Waals surface area contributed by atoms with Crippen LogP contribution in [-0.4, -0.2) is 14.2 Å². The van der Waals surface area contributed by atoms with Gasteiger partial charge in [0.05, 0.1) is 14.2 Å². The number of nitrogens with one attached hydrogen (secondary N) is 1. The Bertz CT molecular complexity index is 769. The molecule has 3 nitrogen and oxygen atoms in total. The van der Waals surface area contributed by atoms with Crippen molar-refractivity contribution in [3.63, 3.8) is 0 Å². The molecule has 1 aromatic rings. The maximum atomic E-state index is 5.60. The number of fused-ring (bicyclic) bond motifs is 1. The number of methoxy groups -OCH3 is 2. The highest BCUT2D eigenvalue weighted by atomic mass is 16.5. The summed E-state index contributed by atoms with van der Waals surface area (Å²) in [6.07, 6.45) is 6.79. The number of hydrogen-bond acceptors (Lipinski definition) is 3. The third kappa shape index (κ3) is 3.57. The molecule has 1 unspecified atom stereocenters. The first kappa shape index (κ1) is 19.9. The Labute approximate surface area is 158 Å². The molecule has 1 aliphatic rings. The topological polar surface area (TPSA) is 30.5 Å². The molecule has 1 atom stereocenters. The van der Waals surface area contributed by atoms with Crippen LogP contribution in [0.25, 0.3) is 0 Å². The molecule has 0 spiro atoms. The van der Waals surface area contributed by atoms with Gasteiger partial charge in [-0.15, -0.1) is 0 Å². The summed E-state index contributed by atoms with van der Waals surface area (Å²) in [6, 6.07) is 4.25. The van der Waals surface area contributed by atoms with Crippen LogP contribution < -0.4 is 10.1 Å². The molecule has 0 aromatic heterocycles. The summed E-state index contributed by atoms with van der Waals surface area (Å²) in [5, 5.41) is 3.54. The van der Waals surface area contributed by atoms with Gasteiger partial charge in [-0.1, -0.05) is 40.0 Å². The van der Waals surface area contributed by atoms with E-state index in [1.807, 2.05) is 0 Å². The van der Waals surface area contributed by atoms with Crippen LogP contribution in [0.5, 0.6) is 5.75 Å². The van der Waals surface area contributed by atoms with Crippen molar-refractivity contribution in [3.05, 3.63) is 71.7 Å². The molecule has 3 heteroatoms. The monoisotopic (exact) mass is 353 g/mol. The van der Waals surface area contributed by atoms with E-state index in [0.29, 0.717) is 0 Å². The average Bonchev–Trinajstić information content (AvgIpc) is 2.61. The van der Waals surface area contributed by atoms with Gasteiger partial charge in [0.25, 0.3) is 0 Å². The zero-order valence-corrected chi connectivity index (χ0v) is 16.9. The minimum Gasteiger partial charge on any atom is -0.497 e. The predicted molar refractivity (Wildman–Crippen MR) is 111 cm³/mol. The second kappa shape index (κ2) is 7.86. The lowest BCUT2D eigenvalue weighted by molar-refractivity contribution is 0.305. The van der Waals surface area contributed by atoms with Gasteiger partial charge >= 0.3 is 0 Å². The molecular weight excluding hydrogens is 322 g/mol. The Morgan fingerprint density at radius 2 is 2.00 bits per heavy atom. The van der Waals surface area contributed by atoms with Gasteiger partial charge in [-0.3, -0.25) is 0 Å². The quantitative estimate of drug-likeness (QED) is 0.497. The van der Waals surface area contributed by atoms with Gasteiger partial charge < -0.3 is 14.8 Å². The summed E-state index contributed by atoms with van der Waals surface area (Å²) in [4.78, 5) is 0. The Hall–Kier alpha value is -2.42. The summed E-state index contributed by atoms with van der Waals surface area (Å²) in [5.74, 6) is 1.96. The van der Waals surface area contributed by atoms with Crippen LogP contribution in [0.2, 0.25) is 0 Å². The van der Waals surface area contributed by atoms with Gasteiger partial charge in [0.15, 0.2) is 0 Å². The molecule has 26 heavy (non-hydrogen) atoms. The first-order valence-corrected chi connectivity index (χ1v) is 9.02. The van der Waals surface area contributed by atoms with Crippen molar-refractivity contribution in [2.75, 3.05) is 19.5 Å². The average molecular weight is 354 g/mol. The summed E-state index contributed by atoms with van der Waals surface area (Å²) >= 11 is 0. The minimum atomic E-state index is -0.135. The first-order chi connectivity index (χ1) is 12.3. The summed E-state index contributed by atoms with van der Waals surface area (Å²) in [5.41, 5.74) is 5.64. The van der Waals surface area contributed by atoms with Crippen molar-refractivity contribution >= 4 is 5.69 Å². The van der Waals surface area contributed by atoms with Crippen LogP contribution in [0.1, 0.15) is 51.2 Å². The molecule has 0 amide bonds. The smallest absolute Gasteiger partial charge is 0.119 e. The van der Waals surface area contributed by atoms with E-state index in [2.05, 4.69) is 70.5 Å². The van der Waals surface area contributed by atoms with Crippen molar-refractivity contribution in [3.8, 4) is 5.75 Å². The lowest BCUT2D eigenvalue weighted by Crippen LogP contribution is -2.30. The highest BCUT2D eigenvalue weighted by Gasteiger charge is 2.36. The molecule has 1 aromatic carbocycles. The predicted octanol–water partition coefficient (Wildman–Crippen LogP) is 6.07. The van der Waals surface area contributed by atoms with Gasteiger partial charge in [0.1, 0.15) is 11.5 Å². The number of benzene rings is 1. The number of ether oxygens (including phenoxy) is 2. The molecule has 2 rings (SSSR count). The molecule has 1 N–H and O–H groups in total. The third-order valence-corrected chi connectivity index (χ3v) is 5.25. The second-order valence-corrected chi connectivity index (χ2v) is 7.22. The highest BCUT2D eigenvalue weighted by Crippen LogP contribution is 2.48. The summed E-state index contributed by atoms with van der Waals surface area (Å²) < 4.78 is 10.9. The largest absolute Gasteiger partial charge is 0.497 e. The van der Waals surface area contributed by atoms with Crippen molar-refractivity contribution in [2.24, 2.45) is 0 Å². The molecule has 0 bridgehead atoms. The standard InChI is InChI=1S/C23H31NO2/c1-9-17(25-7)12-11-15(3)19-13-18(26-8)14-21-22(19)24-16(4)20(10-2)23(21,5)6/h9-10,12-15,24H,1,4,11H2,2-3,5-8H3/b17-12+,20-10+. The van der Waals surface area contributed by atoms with Gasteiger partial charge in [-0.05, 0) is 60.2 Å². The van der Waals surface area contributed by atoms with E-state index in [-0.39, 0.29) is 11.3 Å². The normalized spacial score (nSPS) is 18.8. The number of allylic oxidation sites excluding steroid dienone is 4. The number of rotatable bonds is 6. The maximum Gasteiger partial charge on any atom is 0.119 e. The van der Waals surface area contributed by atoms with Crippen LogP contribution >= 0.6 is 0 Å². The molecule has 1 heterocycles. The summed E-state index contributed by atoms with van der Waals surface area (Å²) in [6.45, 7) is 16.8. The molecule has 1 aliphatic heterocycles. The molecule has 0 radical (unpaired) electrons. The zero-order chi connectivity index (χ0) is 19.5. The van der Waals surface area contributed by atoms with Crippen LogP contribution in [0.4, 0.5) is 5.69 Å². The van der Waals surface area contributed by atoms with E-state index in [1.165, 1.54) is 16.7 Å².